The zero-order valence-electron chi connectivity index (χ0n) is 9.66. The lowest BCUT2D eigenvalue weighted by Crippen LogP contribution is -2.17. The Kier molecular flexibility index (Phi) is 3.11. The summed E-state index contributed by atoms with van der Waals surface area (Å²) in [6, 6.07) is 6.79. The lowest BCUT2D eigenvalue weighted by atomic mass is 9.82. The quantitative estimate of drug-likeness (QED) is 0.744. The van der Waals surface area contributed by atoms with Crippen LogP contribution >= 0.6 is 0 Å². The summed E-state index contributed by atoms with van der Waals surface area (Å²) in [5, 5.41) is 9.47. The number of aliphatic hydroxyl groups is 1. The molecule has 0 aliphatic heterocycles. The highest BCUT2D eigenvalue weighted by molar-refractivity contribution is 5.32. The van der Waals surface area contributed by atoms with Gasteiger partial charge in [0.1, 0.15) is 0 Å². The minimum atomic E-state index is -0.0483. The fourth-order valence-electron chi connectivity index (χ4n) is 2.43. The normalized spacial score (nSPS) is 26.6. The predicted octanol–water partition coefficient (Wildman–Crippen LogP) is 3.32. The molecule has 1 aromatic rings. The van der Waals surface area contributed by atoms with Crippen LogP contribution in [0.2, 0.25) is 0 Å². The van der Waals surface area contributed by atoms with Crippen LogP contribution in [0.1, 0.15) is 48.3 Å². The fourth-order valence-corrected chi connectivity index (χ4v) is 2.43. The molecule has 0 atom stereocenters. The van der Waals surface area contributed by atoms with Crippen molar-refractivity contribution in [3.8, 4) is 0 Å². The SMILES string of the molecule is Cc1ccc(C2CCC(O)CC2)cc1C. The molecule has 1 heteroatoms. The molecule has 0 amide bonds. The van der Waals surface area contributed by atoms with Crippen LogP contribution in [-0.4, -0.2) is 11.2 Å². The molecule has 2 rings (SSSR count). The van der Waals surface area contributed by atoms with Crippen molar-refractivity contribution in [3.05, 3.63) is 34.9 Å². The van der Waals surface area contributed by atoms with Crippen LogP contribution in [-0.2, 0) is 0 Å². The molecule has 0 unspecified atom stereocenters. The summed E-state index contributed by atoms with van der Waals surface area (Å²) < 4.78 is 0. The lowest BCUT2D eigenvalue weighted by molar-refractivity contribution is 0.122. The van der Waals surface area contributed by atoms with Gasteiger partial charge in [-0.1, -0.05) is 18.2 Å². The van der Waals surface area contributed by atoms with Crippen LogP contribution in [0.5, 0.6) is 0 Å². The molecular weight excluding hydrogens is 184 g/mol. The van der Waals surface area contributed by atoms with Crippen molar-refractivity contribution in [1.82, 2.24) is 0 Å². The molecule has 1 aliphatic rings. The van der Waals surface area contributed by atoms with E-state index in [2.05, 4.69) is 32.0 Å². The monoisotopic (exact) mass is 204 g/mol. The molecule has 0 spiro atoms. The Bertz CT molecular complexity index is 335. The molecule has 0 aromatic heterocycles. The summed E-state index contributed by atoms with van der Waals surface area (Å²) in [6.07, 6.45) is 4.18. The molecule has 1 saturated carbocycles. The maximum atomic E-state index is 9.47. The van der Waals surface area contributed by atoms with E-state index in [1.807, 2.05) is 0 Å². The first-order valence-electron chi connectivity index (χ1n) is 5.92. The Balaban J connectivity index is 2.12. The minimum absolute atomic E-state index is 0.0483. The summed E-state index contributed by atoms with van der Waals surface area (Å²) in [6.45, 7) is 4.33. The number of rotatable bonds is 1. The molecule has 1 N–H and O–H groups in total. The van der Waals surface area contributed by atoms with E-state index < -0.39 is 0 Å². The number of hydrogen-bond donors (Lipinski definition) is 1. The Labute approximate surface area is 92.1 Å². The summed E-state index contributed by atoms with van der Waals surface area (Å²) in [5.74, 6) is 0.674. The smallest absolute Gasteiger partial charge is 0.0540 e. The van der Waals surface area contributed by atoms with Crippen molar-refractivity contribution >= 4 is 0 Å². The van der Waals surface area contributed by atoms with Crippen LogP contribution in [0.25, 0.3) is 0 Å². The van der Waals surface area contributed by atoms with Crippen LogP contribution in [0, 0.1) is 13.8 Å². The largest absolute Gasteiger partial charge is 0.393 e. The molecule has 0 radical (unpaired) electrons. The van der Waals surface area contributed by atoms with E-state index in [9.17, 15) is 5.11 Å². The summed E-state index contributed by atoms with van der Waals surface area (Å²) in [4.78, 5) is 0. The molecule has 1 aromatic carbocycles. The zero-order valence-corrected chi connectivity index (χ0v) is 9.66. The highest BCUT2D eigenvalue weighted by Gasteiger charge is 2.20. The first-order chi connectivity index (χ1) is 7.16. The minimum Gasteiger partial charge on any atom is -0.393 e. The van der Waals surface area contributed by atoms with Crippen molar-refractivity contribution in [2.24, 2.45) is 0 Å². The van der Waals surface area contributed by atoms with E-state index in [4.69, 9.17) is 0 Å². The van der Waals surface area contributed by atoms with Gasteiger partial charge in [-0.05, 0) is 62.1 Å². The van der Waals surface area contributed by atoms with Crippen LogP contribution < -0.4 is 0 Å². The molecule has 0 heterocycles. The van der Waals surface area contributed by atoms with E-state index in [1.165, 1.54) is 16.7 Å². The van der Waals surface area contributed by atoms with Gasteiger partial charge < -0.3 is 5.11 Å². The topological polar surface area (TPSA) is 20.2 Å². The van der Waals surface area contributed by atoms with E-state index >= 15 is 0 Å². The standard InChI is InChI=1S/C14H20O/c1-10-3-4-13(9-11(10)2)12-5-7-14(15)8-6-12/h3-4,9,12,14-15H,5-8H2,1-2H3. The highest BCUT2D eigenvalue weighted by atomic mass is 16.3. The second-order valence-electron chi connectivity index (χ2n) is 4.85. The molecular formula is C14H20O. The zero-order chi connectivity index (χ0) is 10.8. The predicted molar refractivity (Wildman–Crippen MR) is 63.1 cm³/mol. The van der Waals surface area contributed by atoms with Gasteiger partial charge in [-0.15, -0.1) is 0 Å². The number of aliphatic hydroxyl groups excluding tert-OH is 1. The third kappa shape index (κ3) is 2.40. The van der Waals surface area contributed by atoms with Crippen molar-refractivity contribution in [3.63, 3.8) is 0 Å². The average Bonchev–Trinajstić information content (AvgIpc) is 2.23. The molecule has 82 valence electrons. The Morgan fingerprint density at radius 2 is 1.67 bits per heavy atom. The first-order valence-corrected chi connectivity index (χ1v) is 5.92. The van der Waals surface area contributed by atoms with Gasteiger partial charge in [0, 0.05) is 0 Å². The van der Waals surface area contributed by atoms with Gasteiger partial charge in [-0.2, -0.15) is 0 Å². The molecule has 0 saturated heterocycles. The fraction of sp³-hybridized carbons (Fsp3) is 0.571. The first kappa shape index (κ1) is 10.7. The van der Waals surface area contributed by atoms with E-state index in [0.29, 0.717) is 5.92 Å². The summed E-state index contributed by atoms with van der Waals surface area (Å²) in [5.41, 5.74) is 4.22. The number of hydrogen-bond acceptors (Lipinski definition) is 1. The van der Waals surface area contributed by atoms with Gasteiger partial charge in [-0.3, -0.25) is 0 Å². The van der Waals surface area contributed by atoms with E-state index in [-0.39, 0.29) is 6.10 Å². The summed E-state index contributed by atoms with van der Waals surface area (Å²) in [7, 11) is 0. The van der Waals surface area contributed by atoms with Crippen molar-refractivity contribution in [2.45, 2.75) is 51.6 Å². The van der Waals surface area contributed by atoms with Crippen LogP contribution in [0.3, 0.4) is 0 Å². The Morgan fingerprint density at radius 1 is 1.00 bits per heavy atom. The van der Waals surface area contributed by atoms with Gasteiger partial charge in [0.2, 0.25) is 0 Å². The van der Waals surface area contributed by atoms with Gasteiger partial charge in [-0.25, -0.2) is 0 Å². The van der Waals surface area contributed by atoms with Gasteiger partial charge >= 0.3 is 0 Å². The Hall–Kier alpha value is -0.820. The molecule has 1 aliphatic carbocycles. The van der Waals surface area contributed by atoms with Crippen LogP contribution in [0.15, 0.2) is 18.2 Å². The molecule has 0 bridgehead atoms. The third-order valence-corrected chi connectivity index (χ3v) is 3.70. The van der Waals surface area contributed by atoms with E-state index in [0.717, 1.165) is 25.7 Å². The van der Waals surface area contributed by atoms with Gasteiger partial charge in [0.15, 0.2) is 0 Å². The number of aryl methyl sites for hydroxylation is 2. The third-order valence-electron chi connectivity index (χ3n) is 3.70. The van der Waals surface area contributed by atoms with E-state index in [1.54, 1.807) is 0 Å². The highest BCUT2D eigenvalue weighted by Crippen LogP contribution is 2.33. The van der Waals surface area contributed by atoms with Gasteiger partial charge in [0.05, 0.1) is 6.10 Å². The van der Waals surface area contributed by atoms with Crippen molar-refractivity contribution < 1.29 is 5.11 Å². The molecule has 15 heavy (non-hydrogen) atoms. The maximum absolute atomic E-state index is 9.47. The van der Waals surface area contributed by atoms with Crippen molar-refractivity contribution in [2.75, 3.05) is 0 Å². The molecule has 1 fully saturated rings. The maximum Gasteiger partial charge on any atom is 0.0540 e. The molecule has 1 nitrogen and oxygen atoms in total. The average molecular weight is 204 g/mol. The van der Waals surface area contributed by atoms with Crippen molar-refractivity contribution in [1.29, 1.82) is 0 Å². The lowest BCUT2D eigenvalue weighted by Gasteiger charge is -2.26. The second kappa shape index (κ2) is 4.36. The second-order valence-corrected chi connectivity index (χ2v) is 4.85. The van der Waals surface area contributed by atoms with Crippen LogP contribution in [0.4, 0.5) is 0 Å². The van der Waals surface area contributed by atoms with Gasteiger partial charge in [0.25, 0.3) is 0 Å². The number of benzene rings is 1. The Morgan fingerprint density at radius 3 is 2.27 bits per heavy atom. The summed E-state index contributed by atoms with van der Waals surface area (Å²) >= 11 is 0.